The number of sulfonamides is 1. The lowest BCUT2D eigenvalue weighted by atomic mass is 10.1. The molecule has 0 aliphatic carbocycles. The van der Waals surface area contributed by atoms with Crippen LogP contribution in [0.3, 0.4) is 0 Å². The van der Waals surface area contributed by atoms with Crippen molar-refractivity contribution in [3.63, 3.8) is 0 Å². The van der Waals surface area contributed by atoms with E-state index in [9.17, 15) is 31.2 Å². The molecule has 2 N–H and O–H groups in total. The summed E-state index contributed by atoms with van der Waals surface area (Å²) >= 11 is 0. The summed E-state index contributed by atoms with van der Waals surface area (Å²) in [6, 6.07) is 8.57. The standard InChI is InChI=1S/C17H16F3N3O4S/c1-23(2)28(26,27)14-5-3-4-12(10-14)16(25)22-21-15(24)11-6-8-13(9-7-11)17(18,19)20/h3-10H,1-2H3,(H,21,24)(H,22,25). The van der Waals surface area contributed by atoms with Gasteiger partial charge in [-0.3, -0.25) is 20.4 Å². The first-order chi connectivity index (χ1) is 12.9. The molecule has 0 atom stereocenters. The molecule has 2 rings (SSSR count). The van der Waals surface area contributed by atoms with Crippen LogP contribution in [0.25, 0.3) is 0 Å². The Bertz CT molecular complexity index is 987. The fourth-order valence-corrected chi connectivity index (χ4v) is 3.03. The van der Waals surface area contributed by atoms with Gasteiger partial charge in [0, 0.05) is 25.2 Å². The van der Waals surface area contributed by atoms with Crippen LogP contribution in [0.1, 0.15) is 26.3 Å². The van der Waals surface area contributed by atoms with Gasteiger partial charge >= 0.3 is 6.18 Å². The van der Waals surface area contributed by atoms with E-state index in [1.54, 1.807) is 0 Å². The molecule has 28 heavy (non-hydrogen) atoms. The number of amides is 2. The molecule has 2 aromatic carbocycles. The van der Waals surface area contributed by atoms with E-state index in [0.29, 0.717) is 0 Å². The third kappa shape index (κ3) is 4.87. The van der Waals surface area contributed by atoms with Crippen LogP contribution < -0.4 is 10.9 Å². The first-order valence-electron chi connectivity index (χ1n) is 7.73. The maximum atomic E-state index is 12.5. The van der Waals surface area contributed by atoms with Gasteiger partial charge in [0.1, 0.15) is 0 Å². The quantitative estimate of drug-likeness (QED) is 0.747. The molecule has 2 aromatic rings. The number of alkyl halides is 3. The number of carbonyl (C=O) groups excluding carboxylic acids is 2. The van der Waals surface area contributed by atoms with Crippen molar-refractivity contribution in [2.75, 3.05) is 14.1 Å². The van der Waals surface area contributed by atoms with Crippen molar-refractivity contribution in [2.24, 2.45) is 0 Å². The number of hydrogen-bond acceptors (Lipinski definition) is 4. The fourth-order valence-electron chi connectivity index (χ4n) is 2.08. The lowest BCUT2D eigenvalue weighted by Gasteiger charge is -2.12. The van der Waals surface area contributed by atoms with Crippen LogP contribution in [-0.4, -0.2) is 38.6 Å². The van der Waals surface area contributed by atoms with Crippen LogP contribution in [0.4, 0.5) is 13.2 Å². The minimum Gasteiger partial charge on any atom is -0.267 e. The van der Waals surface area contributed by atoms with E-state index < -0.39 is 33.6 Å². The molecular formula is C17H16F3N3O4S. The summed E-state index contributed by atoms with van der Waals surface area (Å²) in [5.41, 5.74) is 3.10. The smallest absolute Gasteiger partial charge is 0.267 e. The first-order valence-corrected chi connectivity index (χ1v) is 9.17. The molecule has 0 fully saturated rings. The van der Waals surface area contributed by atoms with Crippen molar-refractivity contribution in [3.8, 4) is 0 Å². The zero-order valence-corrected chi connectivity index (χ0v) is 15.6. The summed E-state index contributed by atoms with van der Waals surface area (Å²) in [4.78, 5) is 24.0. The van der Waals surface area contributed by atoms with Gasteiger partial charge in [-0.1, -0.05) is 6.07 Å². The maximum Gasteiger partial charge on any atom is 0.416 e. The normalized spacial score (nSPS) is 11.9. The number of benzene rings is 2. The van der Waals surface area contributed by atoms with E-state index >= 15 is 0 Å². The van der Waals surface area contributed by atoms with Crippen LogP contribution in [0.15, 0.2) is 53.4 Å². The van der Waals surface area contributed by atoms with E-state index in [2.05, 4.69) is 10.9 Å². The second-order valence-electron chi connectivity index (χ2n) is 5.80. The van der Waals surface area contributed by atoms with Gasteiger partial charge in [0.15, 0.2) is 0 Å². The first kappa shape index (κ1) is 21.4. The van der Waals surface area contributed by atoms with Crippen molar-refractivity contribution in [3.05, 3.63) is 65.2 Å². The van der Waals surface area contributed by atoms with Crippen molar-refractivity contribution < 1.29 is 31.2 Å². The lowest BCUT2D eigenvalue weighted by Crippen LogP contribution is -2.41. The molecule has 0 unspecified atom stereocenters. The van der Waals surface area contributed by atoms with Gasteiger partial charge in [0.25, 0.3) is 11.8 Å². The Balaban J connectivity index is 2.07. The van der Waals surface area contributed by atoms with Crippen molar-refractivity contribution in [1.29, 1.82) is 0 Å². The minimum atomic E-state index is -4.53. The molecular weight excluding hydrogens is 399 g/mol. The van der Waals surface area contributed by atoms with E-state index in [0.717, 1.165) is 34.6 Å². The van der Waals surface area contributed by atoms with Crippen molar-refractivity contribution in [1.82, 2.24) is 15.2 Å². The molecule has 0 bridgehead atoms. The number of rotatable bonds is 4. The highest BCUT2D eigenvalue weighted by Crippen LogP contribution is 2.29. The number of nitrogens with one attached hydrogen (secondary N) is 2. The van der Waals surface area contributed by atoms with Gasteiger partial charge in [-0.25, -0.2) is 12.7 Å². The van der Waals surface area contributed by atoms with Crippen molar-refractivity contribution >= 4 is 21.8 Å². The molecule has 0 aliphatic heterocycles. The molecule has 2 amide bonds. The second kappa shape index (κ2) is 7.98. The maximum absolute atomic E-state index is 12.5. The summed E-state index contributed by atoms with van der Waals surface area (Å²) < 4.78 is 62.8. The Morgan fingerprint density at radius 3 is 1.93 bits per heavy atom. The van der Waals surface area contributed by atoms with Crippen LogP contribution in [-0.2, 0) is 16.2 Å². The summed E-state index contributed by atoms with van der Waals surface area (Å²) in [6.45, 7) is 0. The average Bonchev–Trinajstić information content (AvgIpc) is 2.65. The average molecular weight is 415 g/mol. The Morgan fingerprint density at radius 2 is 1.43 bits per heavy atom. The summed E-state index contributed by atoms with van der Waals surface area (Å²) in [5.74, 6) is -1.63. The molecule has 0 aromatic heterocycles. The summed E-state index contributed by atoms with van der Waals surface area (Å²) in [5, 5.41) is 0. The van der Waals surface area contributed by atoms with E-state index in [4.69, 9.17) is 0 Å². The van der Waals surface area contributed by atoms with Gasteiger partial charge in [-0.2, -0.15) is 13.2 Å². The Labute approximate surface area is 159 Å². The fraction of sp³-hybridized carbons (Fsp3) is 0.176. The molecule has 0 spiro atoms. The Hall–Kier alpha value is -2.92. The summed E-state index contributed by atoms with van der Waals surface area (Å²) in [6.07, 6.45) is -4.53. The number of hydrogen-bond donors (Lipinski definition) is 2. The monoisotopic (exact) mass is 415 g/mol. The molecule has 7 nitrogen and oxygen atoms in total. The Kier molecular flexibility index (Phi) is 6.10. The molecule has 0 aliphatic rings. The molecule has 11 heteroatoms. The molecule has 0 heterocycles. The number of hydrazine groups is 1. The highest BCUT2D eigenvalue weighted by Gasteiger charge is 2.30. The van der Waals surface area contributed by atoms with Gasteiger partial charge in [0.2, 0.25) is 10.0 Å². The highest BCUT2D eigenvalue weighted by molar-refractivity contribution is 7.89. The van der Waals surface area contributed by atoms with Crippen molar-refractivity contribution in [2.45, 2.75) is 11.1 Å². The molecule has 0 radical (unpaired) electrons. The van der Waals surface area contributed by atoms with Gasteiger partial charge < -0.3 is 0 Å². The predicted octanol–water partition coefficient (Wildman–Crippen LogP) is 2.03. The van der Waals surface area contributed by atoms with E-state index in [1.807, 2.05) is 0 Å². The lowest BCUT2D eigenvalue weighted by molar-refractivity contribution is -0.137. The minimum absolute atomic E-state index is 0.0318. The zero-order valence-electron chi connectivity index (χ0n) is 14.7. The van der Waals surface area contributed by atoms with E-state index in [-0.39, 0.29) is 16.0 Å². The van der Waals surface area contributed by atoms with Gasteiger partial charge in [0.05, 0.1) is 10.5 Å². The third-order valence-corrected chi connectivity index (χ3v) is 5.45. The van der Waals surface area contributed by atoms with Crippen LogP contribution in [0.5, 0.6) is 0 Å². The Morgan fingerprint density at radius 1 is 0.893 bits per heavy atom. The highest BCUT2D eigenvalue weighted by atomic mass is 32.2. The van der Waals surface area contributed by atoms with Gasteiger partial charge in [-0.05, 0) is 42.5 Å². The SMILES string of the molecule is CN(C)S(=O)(=O)c1cccc(C(=O)NNC(=O)c2ccc(C(F)(F)F)cc2)c1. The predicted molar refractivity (Wildman–Crippen MR) is 93.7 cm³/mol. The topological polar surface area (TPSA) is 95.6 Å². The molecule has 150 valence electrons. The number of nitrogens with zero attached hydrogens (tertiary/aromatic N) is 1. The number of carbonyl (C=O) groups is 2. The molecule has 0 saturated carbocycles. The summed E-state index contributed by atoms with van der Waals surface area (Å²) in [7, 11) is -1.07. The third-order valence-electron chi connectivity index (χ3n) is 3.64. The van der Waals surface area contributed by atoms with Crippen LogP contribution >= 0.6 is 0 Å². The largest absolute Gasteiger partial charge is 0.416 e. The van der Waals surface area contributed by atoms with E-state index in [1.165, 1.54) is 32.3 Å². The second-order valence-corrected chi connectivity index (χ2v) is 7.95. The van der Waals surface area contributed by atoms with Crippen LogP contribution in [0.2, 0.25) is 0 Å². The number of halogens is 3. The van der Waals surface area contributed by atoms with Crippen LogP contribution in [0, 0.1) is 0 Å². The van der Waals surface area contributed by atoms with Gasteiger partial charge in [-0.15, -0.1) is 0 Å². The molecule has 0 saturated heterocycles. The zero-order chi connectivity index (χ0) is 21.1.